The maximum absolute atomic E-state index is 6.08. The van der Waals surface area contributed by atoms with E-state index in [1.54, 1.807) is 0 Å². The summed E-state index contributed by atoms with van der Waals surface area (Å²) in [5.74, 6) is 5.32. The number of hydrogen-bond donors (Lipinski definition) is 2. The smallest absolute Gasteiger partial charge is 0.148 e. The van der Waals surface area contributed by atoms with Gasteiger partial charge in [-0.2, -0.15) is 5.10 Å². The number of anilines is 1. The second-order valence-corrected chi connectivity index (χ2v) is 6.60. The predicted octanol–water partition coefficient (Wildman–Crippen LogP) is 2.84. The minimum atomic E-state index is 0.710. The highest BCUT2D eigenvalue weighted by atomic mass is 15.2. The molecule has 4 saturated carbocycles. The van der Waals surface area contributed by atoms with Gasteiger partial charge in [-0.05, 0) is 68.6 Å². The summed E-state index contributed by atoms with van der Waals surface area (Å²) >= 11 is 0. The molecule has 4 aliphatic carbocycles. The van der Waals surface area contributed by atoms with E-state index in [-0.39, 0.29) is 0 Å². The fraction of sp³-hybridized carbons (Fsp3) is 0.786. The van der Waals surface area contributed by atoms with E-state index in [1.165, 1.54) is 43.4 Å². The van der Waals surface area contributed by atoms with Gasteiger partial charge in [0.25, 0.3) is 0 Å². The lowest BCUT2D eigenvalue weighted by atomic mass is 9.50. The van der Waals surface area contributed by atoms with Crippen LogP contribution in [0.2, 0.25) is 0 Å². The van der Waals surface area contributed by atoms with Crippen molar-refractivity contribution in [2.75, 3.05) is 5.73 Å². The van der Waals surface area contributed by atoms with Gasteiger partial charge in [0.1, 0.15) is 5.82 Å². The summed E-state index contributed by atoms with van der Waals surface area (Å²) < 4.78 is 0. The van der Waals surface area contributed by atoms with Crippen molar-refractivity contribution < 1.29 is 0 Å². The van der Waals surface area contributed by atoms with Crippen molar-refractivity contribution in [1.29, 1.82) is 0 Å². The summed E-state index contributed by atoms with van der Waals surface area (Å²) in [5, 5.41) is 7.27. The van der Waals surface area contributed by atoms with E-state index in [4.69, 9.17) is 5.73 Å². The van der Waals surface area contributed by atoms with Crippen molar-refractivity contribution in [2.24, 2.45) is 23.7 Å². The standard InChI is InChI=1S/C14H21N3/c1-7-12(14(15)17-16-7)13-10-3-8-2-9(5-10)6-11(13)4-8/h8-11,13H,2-6H2,1H3,(H3,15,16,17). The van der Waals surface area contributed by atoms with E-state index in [2.05, 4.69) is 17.1 Å². The molecule has 4 bridgehead atoms. The number of hydrogen-bond acceptors (Lipinski definition) is 2. The molecule has 4 fully saturated rings. The molecule has 1 aromatic heterocycles. The third-order valence-electron chi connectivity index (χ3n) is 5.58. The molecule has 0 unspecified atom stereocenters. The number of nitrogens with zero attached hydrogens (tertiary/aromatic N) is 1. The Morgan fingerprint density at radius 3 is 2.12 bits per heavy atom. The number of nitrogens with one attached hydrogen (secondary N) is 1. The zero-order valence-corrected chi connectivity index (χ0v) is 10.4. The van der Waals surface area contributed by atoms with Crippen LogP contribution < -0.4 is 5.73 Å². The van der Waals surface area contributed by atoms with Gasteiger partial charge in [-0.15, -0.1) is 0 Å². The number of H-pyrrole nitrogens is 1. The Morgan fingerprint density at radius 1 is 1.06 bits per heavy atom. The van der Waals surface area contributed by atoms with Crippen LogP contribution in [-0.4, -0.2) is 10.2 Å². The number of aromatic nitrogens is 2. The van der Waals surface area contributed by atoms with Crippen LogP contribution >= 0.6 is 0 Å². The number of aryl methyl sites for hydroxylation is 1. The lowest BCUT2D eigenvalue weighted by Crippen LogP contribution is -2.44. The zero-order chi connectivity index (χ0) is 11.6. The molecule has 0 amide bonds. The van der Waals surface area contributed by atoms with Gasteiger partial charge in [0.15, 0.2) is 0 Å². The fourth-order valence-electron chi connectivity index (χ4n) is 5.27. The molecule has 0 saturated heterocycles. The molecule has 0 aromatic carbocycles. The van der Waals surface area contributed by atoms with E-state index in [0.29, 0.717) is 5.92 Å². The quantitative estimate of drug-likeness (QED) is 0.781. The number of rotatable bonds is 1. The molecule has 3 N–H and O–H groups in total. The predicted molar refractivity (Wildman–Crippen MR) is 67.5 cm³/mol. The van der Waals surface area contributed by atoms with Crippen LogP contribution in [0.3, 0.4) is 0 Å². The largest absolute Gasteiger partial charge is 0.382 e. The molecule has 3 heteroatoms. The Bertz CT molecular complexity index is 401. The van der Waals surface area contributed by atoms with Crippen LogP contribution in [0.1, 0.15) is 49.3 Å². The minimum Gasteiger partial charge on any atom is -0.382 e. The van der Waals surface area contributed by atoms with E-state index >= 15 is 0 Å². The molecule has 0 aliphatic heterocycles. The van der Waals surface area contributed by atoms with Crippen LogP contribution in [0.5, 0.6) is 0 Å². The van der Waals surface area contributed by atoms with Gasteiger partial charge < -0.3 is 5.73 Å². The van der Waals surface area contributed by atoms with Crippen molar-refractivity contribution in [3.05, 3.63) is 11.3 Å². The molecule has 0 spiro atoms. The first-order valence-corrected chi connectivity index (χ1v) is 7.02. The van der Waals surface area contributed by atoms with Crippen molar-refractivity contribution in [3.8, 4) is 0 Å². The van der Waals surface area contributed by atoms with Crippen LogP contribution in [0.25, 0.3) is 0 Å². The molecule has 1 heterocycles. The van der Waals surface area contributed by atoms with Gasteiger partial charge in [0.05, 0.1) is 0 Å². The van der Waals surface area contributed by atoms with E-state index in [9.17, 15) is 0 Å². The molecule has 0 radical (unpaired) electrons. The highest BCUT2D eigenvalue weighted by Crippen LogP contribution is 2.60. The Balaban J connectivity index is 1.75. The Hall–Kier alpha value is -0.990. The summed E-state index contributed by atoms with van der Waals surface area (Å²) in [7, 11) is 0. The maximum Gasteiger partial charge on any atom is 0.148 e. The minimum absolute atomic E-state index is 0.710. The Labute approximate surface area is 102 Å². The lowest BCUT2D eigenvalue weighted by Gasteiger charge is -2.54. The number of nitrogen functional groups attached to an aromatic ring is 1. The van der Waals surface area contributed by atoms with Gasteiger partial charge in [-0.25, -0.2) is 0 Å². The monoisotopic (exact) mass is 231 g/mol. The second-order valence-electron chi connectivity index (χ2n) is 6.60. The summed E-state index contributed by atoms with van der Waals surface area (Å²) in [6.07, 6.45) is 7.30. The van der Waals surface area contributed by atoms with E-state index < -0.39 is 0 Å². The number of nitrogens with two attached hydrogens (primary N) is 1. The molecule has 92 valence electrons. The van der Waals surface area contributed by atoms with Crippen molar-refractivity contribution in [1.82, 2.24) is 10.2 Å². The molecule has 17 heavy (non-hydrogen) atoms. The molecular weight excluding hydrogens is 210 g/mol. The van der Waals surface area contributed by atoms with Gasteiger partial charge in [0, 0.05) is 11.3 Å². The van der Waals surface area contributed by atoms with Crippen LogP contribution in [-0.2, 0) is 0 Å². The number of aromatic amines is 1. The topological polar surface area (TPSA) is 54.7 Å². The van der Waals surface area contributed by atoms with Gasteiger partial charge in [-0.3, -0.25) is 5.10 Å². The summed E-state index contributed by atoms with van der Waals surface area (Å²) in [6, 6.07) is 0. The van der Waals surface area contributed by atoms with Gasteiger partial charge in [-0.1, -0.05) is 0 Å². The summed E-state index contributed by atoms with van der Waals surface area (Å²) in [4.78, 5) is 0. The van der Waals surface area contributed by atoms with E-state index in [0.717, 1.165) is 29.5 Å². The Morgan fingerprint density at radius 2 is 1.65 bits per heavy atom. The molecule has 4 aliphatic rings. The zero-order valence-electron chi connectivity index (χ0n) is 10.4. The third kappa shape index (κ3) is 1.31. The molecule has 1 aromatic rings. The van der Waals surface area contributed by atoms with Crippen LogP contribution in [0, 0.1) is 30.6 Å². The van der Waals surface area contributed by atoms with E-state index in [1.807, 2.05) is 0 Å². The Kier molecular flexibility index (Phi) is 1.92. The molecule has 0 atom stereocenters. The normalized spacial score (nSPS) is 43.2. The summed E-state index contributed by atoms with van der Waals surface area (Å²) in [5.41, 5.74) is 8.65. The first-order chi connectivity index (χ1) is 8.22. The van der Waals surface area contributed by atoms with Crippen molar-refractivity contribution in [2.45, 2.75) is 44.9 Å². The highest BCUT2D eigenvalue weighted by molar-refractivity contribution is 5.45. The van der Waals surface area contributed by atoms with Gasteiger partial charge in [0.2, 0.25) is 0 Å². The molecule has 5 rings (SSSR count). The molecule has 3 nitrogen and oxygen atoms in total. The average molecular weight is 231 g/mol. The first-order valence-electron chi connectivity index (χ1n) is 7.02. The highest BCUT2D eigenvalue weighted by Gasteiger charge is 2.49. The first kappa shape index (κ1) is 9.98. The van der Waals surface area contributed by atoms with Crippen LogP contribution in [0.4, 0.5) is 5.82 Å². The van der Waals surface area contributed by atoms with Crippen LogP contribution in [0.15, 0.2) is 0 Å². The summed E-state index contributed by atoms with van der Waals surface area (Å²) in [6.45, 7) is 2.13. The van der Waals surface area contributed by atoms with Crippen molar-refractivity contribution in [3.63, 3.8) is 0 Å². The van der Waals surface area contributed by atoms with Gasteiger partial charge >= 0.3 is 0 Å². The average Bonchev–Trinajstić information content (AvgIpc) is 2.59. The SMILES string of the molecule is Cc1[nH]nc(N)c1C1C2CC3CC(C2)CC1C3. The fourth-order valence-corrected chi connectivity index (χ4v) is 5.27. The second kappa shape index (κ2) is 3.27. The van der Waals surface area contributed by atoms with Crippen molar-refractivity contribution >= 4 is 5.82 Å². The third-order valence-corrected chi connectivity index (χ3v) is 5.58. The maximum atomic E-state index is 6.08. The lowest BCUT2D eigenvalue weighted by molar-refractivity contribution is -0.00274. The molecular formula is C14H21N3.